The number of rotatable bonds is 5. The van der Waals surface area contributed by atoms with Gasteiger partial charge in [0.05, 0.1) is 0 Å². The number of hydrogen-bond acceptors (Lipinski definition) is 3. The lowest BCUT2D eigenvalue weighted by atomic mass is 9.95. The summed E-state index contributed by atoms with van der Waals surface area (Å²) < 4.78 is 0. The molecule has 0 spiro atoms. The molecule has 0 radical (unpaired) electrons. The predicted octanol–water partition coefficient (Wildman–Crippen LogP) is 1.74. The summed E-state index contributed by atoms with van der Waals surface area (Å²) in [6.45, 7) is 4.13. The molecule has 3 rings (SSSR count). The second-order valence-electron chi connectivity index (χ2n) is 7.44. The van der Waals surface area contributed by atoms with Crippen molar-refractivity contribution >= 4 is 5.91 Å². The zero-order chi connectivity index (χ0) is 14.7. The van der Waals surface area contributed by atoms with E-state index < -0.39 is 0 Å². The molecule has 0 aromatic carbocycles. The highest BCUT2D eigenvalue weighted by Gasteiger charge is 2.34. The van der Waals surface area contributed by atoms with Crippen molar-refractivity contribution in [3.63, 3.8) is 0 Å². The van der Waals surface area contributed by atoms with Crippen LogP contribution < -0.4 is 11.1 Å². The lowest BCUT2D eigenvalue weighted by Gasteiger charge is -2.22. The molecular formula is C17H31N3O. The summed E-state index contributed by atoms with van der Waals surface area (Å²) in [6, 6.07) is 0.373. The van der Waals surface area contributed by atoms with E-state index in [9.17, 15) is 4.79 Å². The fraction of sp³-hybridized carbons (Fsp3) is 0.941. The average molecular weight is 293 g/mol. The molecule has 3 fully saturated rings. The van der Waals surface area contributed by atoms with Crippen molar-refractivity contribution in [3.8, 4) is 0 Å². The third-order valence-corrected chi connectivity index (χ3v) is 5.91. The fourth-order valence-electron chi connectivity index (χ4n) is 4.65. The largest absolute Gasteiger partial charge is 0.352 e. The van der Waals surface area contributed by atoms with Crippen LogP contribution in [0.3, 0.4) is 0 Å². The van der Waals surface area contributed by atoms with E-state index in [4.69, 9.17) is 5.73 Å². The molecule has 120 valence electrons. The molecule has 2 saturated carbocycles. The molecule has 1 amide bonds. The normalized spacial score (nSPS) is 34.6. The predicted molar refractivity (Wildman–Crippen MR) is 84.8 cm³/mol. The topological polar surface area (TPSA) is 58.4 Å². The van der Waals surface area contributed by atoms with E-state index >= 15 is 0 Å². The minimum atomic E-state index is 0.180. The first kappa shape index (κ1) is 15.3. The highest BCUT2D eigenvalue weighted by Crippen LogP contribution is 2.31. The van der Waals surface area contributed by atoms with E-state index in [-0.39, 0.29) is 11.8 Å². The van der Waals surface area contributed by atoms with Crippen LogP contribution in [0.1, 0.15) is 51.4 Å². The summed E-state index contributed by atoms with van der Waals surface area (Å²) in [5.41, 5.74) is 5.80. The summed E-state index contributed by atoms with van der Waals surface area (Å²) in [5, 5.41) is 3.30. The maximum absolute atomic E-state index is 12.4. The molecule has 3 atom stereocenters. The molecule has 21 heavy (non-hydrogen) atoms. The molecule has 1 unspecified atom stereocenters. The van der Waals surface area contributed by atoms with Crippen LogP contribution in [0.15, 0.2) is 0 Å². The van der Waals surface area contributed by atoms with Gasteiger partial charge in [0.25, 0.3) is 0 Å². The van der Waals surface area contributed by atoms with Gasteiger partial charge in [-0.1, -0.05) is 19.3 Å². The lowest BCUT2D eigenvalue weighted by molar-refractivity contribution is -0.126. The molecular weight excluding hydrogens is 262 g/mol. The first-order chi connectivity index (χ1) is 10.3. The summed E-state index contributed by atoms with van der Waals surface area (Å²) in [5.74, 6) is 1.78. The van der Waals surface area contributed by atoms with E-state index in [1.54, 1.807) is 0 Å². The van der Waals surface area contributed by atoms with E-state index in [1.165, 1.54) is 38.6 Å². The van der Waals surface area contributed by atoms with E-state index in [2.05, 4.69) is 10.2 Å². The zero-order valence-electron chi connectivity index (χ0n) is 13.2. The smallest absolute Gasteiger partial charge is 0.223 e. The Morgan fingerprint density at radius 2 is 1.90 bits per heavy atom. The van der Waals surface area contributed by atoms with Gasteiger partial charge in [0.15, 0.2) is 0 Å². The summed E-state index contributed by atoms with van der Waals surface area (Å²) in [6.07, 6.45) is 10.1. The first-order valence-electron chi connectivity index (χ1n) is 8.99. The second kappa shape index (κ2) is 7.10. The molecule has 1 heterocycles. The standard InChI is InChI=1S/C17H31N3O/c18-10-14-6-3-7-16(14)17(21)19-15-8-9-20(12-15)11-13-4-1-2-5-13/h13-16H,1-12,18H2,(H,19,21)/t14-,15?,16-/m1/s1. The van der Waals surface area contributed by atoms with Crippen LogP contribution in [0.2, 0.25) is 0 Å². The van der Waals surface area contributed by atoms with Gasteiger partial charge >= 0.3 is 0 Å². The molecule has 3 N–H and O–H groups in total. The Hall–Kier alpha value is -0.610. The second-order valence-corrected chi connectivity index (χ2v) is 7.44. The van der Waals surface area contributed by atoms with Crippen molar-refractivity contribution in [2.45, 2.75) is 57.4 Å². The quantitative estimate of drug-likeness (QED) is 0.812. The third kappa shape index (κ3) is 3.78. The van der Waals surface area contributed by atoms with Crippen LogP contribution in [0.5, 0.6) is 0 Å². The van der Waals surface area contributed by atoms with Crippen molar-refractivity contribution in [3.05, 3.63) is 0 Å². The number of carbonyl (C=O) groups excluding carboxylic acids is 1. The lowest BCUT2D eigenvalue weighted by Crippen LogP contribution is -2.42. The molecule has 0 aromatic rings. The monoisotopic (exact) mass is 293 g/mol. The number of hydrogen-bond donors (Lipinski definition) is 2. The van der Waals surface area contributed by atoms with Crippen LogP contribution in [-0.4, -0.2) is 43.0 Å². The van der Waals surface area contributed by atoms with Gasteiger partial charge in [0, 0.05) is 31.6 Å². The number of carbonyl (C=O) groups is 1. The van der Waals surface area contributed by atoms with Gasteiger partial charge < -0.3 is 16.0 Å². The molecule has 1 aliphatic heterocycles. The van der Waals surface area contributed by atoms with Crippen molar-refractivity contribution in [1.29, 1.82) is 0 Å². The Morgan fingerprint density at radius 1 is 1.10 bits per heavy atom. The Kier molecular flexibility index (Phi) is 5.17. The van der Waals surface area contributed by atoms with E-state index in [0.717, 1.165) is 38.3 Å². The molecule has 3 aliphatic rings. The van der Waals surface area contributed by atoms with Crippen molar-refractivity contribution in [1.82, 2.24) is 10.2 Å². The van der Waals surface area contributed by atoms with Crippen molar-refractivity contribution in [2.75, 3.05) is 26.2 Å². The van der Waals surface area contributed by atoms with Crippen LogP contribution >= 0.6 is 0 Å². The molecule has 0 bridgehead atoms. The first-order valence-corrected chi connectivity index (χ1v) is 8.99. The number of nitrogens with one attached hydrogen (secondary N) is 1. The Labute approximate surface area is 128 Å². The van der Waals surface area contributed by atoms with Crippen LogP contribution in [-0.2, 0) is 4.79 Å². The van der Waals surface area contributed by atoms with Gasteiger partial charge in [-0.2, -0.15) is 0 Å². The number of nitrogens with zero attached hydrogens (tertiary/aromatic N) is 1. The van der Waals surface area contributed by atoms with Crippen LogP contribution in [0, 0.1) is 17.8 Å². The average Bonchev–Trinajstić information content (AvgIpc) is 3.20. The highest BCUT2D eigenvalue weighted by molar-refractivity contribution is 5.79. The molecule has 4 heteroatoms. The minimum Gasteiger partial charge on any atom is -0.352 e. The molecule has 4 nitrogen and oxygen atoms in total. The minimum absolute atomic E-state index is 0.180. The Morgan fingerprint density at radius 3 is 2.67 bits per heavy atom. The summed E-state index contributed by atoms with van der Waals surface area (Å²) in [4.78, 5) is 15.0. The Bertz CT molecular complexity index is 354. The summed E-state index contributed by atoms with van der Waals surface area (Å²) in [7, 11) is 0. The van der Waals surface area contributed by atoms with Crippen LogP contribution in [0.25, 0.3) is 0 Å². The van der Waals surface area contributed by atoms with Crippen molar-refractivity contribution < 1.29 is 4.79 Å². The number of amides is 1. The van der Waals surface area contributed by atoms with Crippen molar-refractivity contribution in [2.24, 2.45) is 23.5 Å². The van der Waals surface area contributed by atoms with E-state index in [1.807, 2.05) is 0 Å². The van der Waals surface area contributed by atoms with Crippen LogP contribution in [0.4, 0.5) is 0 Å². The molecule has 2 aliphatic carbocycles. The molecule has 0 aromatic heterocycles. The summed E-state index contributed by atoms with van der Waals surface area (Å²) >= 11 is 0. The highest BCUT2D eigenvalue weighted by atomic mass is 16.2. The maximum atomic E-state index is 12.4. The SMILES string of the molecule is NC[C@H]1CCC[C@H]1C(=O)NC1CCN(CC2CCCC2)C1. The fourth-order valence-corrected chi connectivity index (χ4v) is 4.65. The van der Waals surface area contributed by atoms with Gasteiger partial charge in [-0.25, -0.2) is 0 Å². The van der Waals surface area contributed by atoms with Gasteiger partial charge in [0.2, 0.25) is 5.91 Å². The number of nitrogens with two attached hydrogens (primary N) is 1. The molecule has 1 saturated heterocycles. The maximum Gasteiger partial charge on any atom is 0.223 e. The van der Waals surface area contributed by atoms with E-state index in [0.29, 0.717) is 18.5 Å². The van der Waals surface area contributed by atoms with Gasteiger partial charge in [-0.05, 0) is 50.5 Å². The Balaban J connectivity index is 1.42. The zero-order valence-corrected chi connectivity index (χ0v) is 13.2. The van der Waals surface area contributed by atoms with Gasteiger partial charge in [-0.15, -0.1) is 0 Å². The third-order valence-electron chi connectivity index (χ3n) is 5.91. The number of likely N-dealkylation sites (tertiary alicyclic amines) is 1. The van der Waals surface area contributed by atoms with Gasteiger partial charge in [-0.3, -0.25) is 4.79 Å². The van der Waals surface area contributed by atoms with Gasteiger partial charge in [0.1, 0.15) is 0 Å².